The molecule has 1 heterocycles. The molecule has 0 aliphatic carbocycles. The van der Waals surface area contributed by atoms with E-state index < -0.39 is 6.10 Å². The first-order valence-corrected chi connectivity index (χ1v) is 13.9. The second-order valence-corrected chi connectivity index (χ2v) is 10.0. The number of aliphatic hydroxyl groups is 1. The number of aliphatic hydroxyl groups excluding tert-OH is 1. The van der Waals surface area contributed by atoms with Crippen LogP contribution in [0.1, 0.15) is 28.4 Å². The first-order chi connectivity index (χ1) is 20.5. The maximum Gasteiger partial charge on any atom is 0.319 e. The first kappa shape index (κ1) is 28.6. The van der Waals surface area contributed by atoms with Crippen LogP contribution in [0, 0.1) is 0 Å². The summed E-state index contributed by atoms with van der Waals surface area (Å²) in [5.74, 6) is 0.553. The molecule has 0 fully saturated rings. The first-order valence-electron chi connectivity index (χ1n) is 13.9. The summed E-state index contributed by atoms with van der Waals surface area (Å²) in [5.41, 5.74) is 4.85. The Balaban J connectivity index is 1.14. The summed E-state index contributed by atoms with van der Waals surface area (Å²) in [6.45, 7) is 1.78. The lowest BCUT2D eigenvalue weighted by Crippen LogP contribution is -2.28. The highest BCUT2D eigenvalue weighted by Crippen LogP contribution is 2.30. The van der Waals surface area contributed by atoms with Crippen LogP contribution in [-0.2, 0) is 19.6 Å². The Morgan fingerprint density at radius 2 is 1.57 bits per heavy atom. The molecule has 42 heavy (non-hydrogen) atoms. The number of fused-ring (bicyclic) bond motifs is 1. The van der Waals surface area contributed by atoms with E-state index in [0.717, 1.165) is 22.1 Å². The van der Waals surface area contributed by atoms with Crippen molar-refractivity contribution in [2.24, 2.45) is 0 Å². The predicted octanol–water partition coefficient (Wildman–Crippen LogP) is 5.29. The van der Waals surface area contributed by atoms with Gasteiger partial charge < -0.3 is 30.8 Å². The molecule has 5 rings (SSSR count). The van der Waals surface area contributed by atoms with Crippen molar-refractivity contribution in [1.29, 1.82) is 0 Å². The number of pyridine rings is 1. The summed E-state index contributed by atoms with van der Waals surface area (Å²) in [6, 6.07) is 33.8. The van der Waals surface area contributed by atoms with E-state index in [1.807, 2.05) is 91.0 Å². The van der Waals surface area contributed by atoms with E-state index in [1.54, 1.807) is 12.1 Å². The zero-order valence-corrected chi connectivity index (χ0v) is 23.2. The molecule has 5 N–H and O–H groups in total. The van der Waals surface area contributed by atoms with Crippen LogP contribution in [0.4, 0.5) is 10.5 Å². The minimum absolute atomic E-state index is 0.234. The van der Waals surface area contributed by atoms with Crippen LogP contribution in [0.3, 0.4) is 0 Å². The Kier molecular flexibility index (Phi) is 9.61. The monoisotopic (exact) mass is 562 g/mol. The standard InChI is InChI=1S/C34H34N4O4/c39-30(28-14-16-31(33-29(28)15-17-32(40)38-33)42-23-26-10-5-2-6-11-26)22-35-19-18-24-12-7-13-27(20-24)37-34(41)36-21-25-8-3-1-4-9-25/h1-17,20,30,35,39H,18-19,21-23H2,(H,38,40)(H2,36,37,41)/t30-/m0/s1. The van der Waals surface area contributed by atoms with Gasteiger partial charge in [-0.25, -0.2) is 4.79 Å². The molecule has 0 aliphatic rings. The zero-order chi connectivity index (χ0) is 29.1. The molecule has 0 spiro atoms. The molecule has 214 valence electrons. The van der Waals surface area contributed by atoms with Gasteiger partial charge in [0.1, 0.15) is 12.4 Å². The molecule has 2 amide bonds. The average Bonchev–Trinajstić information content (AvgIpc) is 3.02. The highest BCUT2D eigenvalue weighted by atomic mass is 16.5. The van der Waals surface area contributed by atoms with E-state index in [1.165, 1.54) is 6.07 Å². The number of H-pyrrole nitrogens is 1. The van der Waals surface area contributed by atoms with Gasteiger partial charge in [-0.05, 0) is 59.5 Å². The Morgan fingerprint density at radius 3 is 2.36 bits per heavy atom. The number of aromatic amines is 1. The van der Waals surface area contributed by atoms with Gasteiger partial charge in [0, 0.05) is 30.2 Å². The van der Waals surface area contributed by atoms with Crippen LogP contribution in [0.25, 0.3) is 10.9 Å². The highest BCUT2D eigenvalue weighted by Gasteiger charge is 2.15. The van der Waals surface area contributed by atoms with Crippen molar-refractivity contribution in [3.8, 4) is 5.75 Å². The molecule has 0 unspecified atom stereocenters. The van der Waals surface area contributed by atoms with E-state index in [9.17, 15) is 14.7 Å². The molecular formula is C34H34N4O4. The predicted molar refractivity (Wildman–Crippen MR) is 166 cm³/mol. The van der Waals surface area contributed by atoms with Gasteiger partial charge in [0.25, 0.3) is 0 Å². The molecular weight excluding hydrogens is 528 g/mol. The Morgan fingerprint density at radius 1 is 0.833 bits per heavy atom. The molecule has 0 aliphatic heterocycles. The molecule has 0 bridgehead atoms. The molecule has 8 nitrogen and oxygen atoms in total. The van der Waals surface area contributed by atoms with Gasteiger partial charge in [0.2, 0.25) is 5.56 Å². The number of hydrogen-bond donors (Lipinski definition) is 5. The fraction of sp³-hybridized carbons (Fsp3) is 0.176. The van der Waals surface area contributed by atoms with E-state index in [4.69, 9.17) is 4.74 Å². The van der Waals surface area contributed by atoms with E-state index in [-0.39, 0.29) is 11.6 Å². The van der Waals surface area contributed by atoms with Crippen molar-refractivity contribution in [1.82, 2.24) is 15.6 Å². The summed E-state index contributed by atoms with van der Waals surface area (Å²) in [7, 11) is 0. The maximum absolute atomic E-state index is 12.3. The number of aromatic nitrogens is 1. The summed E-state index contributed by atoms with van der Waals surface area (Å²) >= 11 is 0. The SMILES string of the molecule is O=C(NCc1ccccc1)Nc1cccc(CCNC[C@H](O)c2ccc(OCc3ccccc3)c3[nH]c(=O)ccc23)c1. The molecule has 5 aromatic rings. The lowest BCUT2D eigenvalue weighted by Gasteiger charge is -2.17. The molecule has 8 heteroatoms. The minimum Gasteiger partial charge on any atom is -0.487 e. The second-order valence-electron chi connectivity index (χ2n) is 10.0. The largest absolute Gasteiger partial charge is 0.487 e. The van der Waals surface area contributed by atoms with Gasteiger partial charge in [-0.1, -0.05) is 78.9 Å². The van der Waals surface area contributed by atoms with E-state index in [2.05, 4.69) is 20.9 Å². The third-order valence-corrected chi connectivity index (χ3v) is 6.90. The van der Waals surface area contributed by atoms with Crippen LogP contribution >= 0.6 is 0 Å². The molecule has 0 radical (unpaired) electrons. The minimum atomic E-state index is -0.789. The fourth-order valence-electron chi connectivity index (χ4n) is 4.73. The van der Waals surface area contributed by atoms with Crippen molar-refractivity contribution in [3.05, 3.63) is 142 Å². The van der Waals surface area contributed by atoms with Gasteiger partial charge in [0.15, 0.2) is 0 Å². The number of benzene rings is 4. The van der Waals surface area contributed by atoms with Crippen molar-refractivity contribution in [3.63, 3.8) is 0 Å². The van der Waals surface area contributed by atoms with Crippen molar-refractivity contribution in [2.45, 2.75) is 25.7 Å². The molecule has 1 aromatic heterocycles. The molecule has 0 saturated carbocycles. The normalized spacial score (nSPS) is 11.6. The lowest BCUT2D eigenvalue weighted by atomic mass is 10.0. The van der Waals surface area contributed by atoms with Crippen molar-refractivity contribution < 1.29 is 14.6 Å². The van der Waals surface area contributed by atoms with Crippen LogP contribution in [-0.4, -0.2) is 29.2 Å². The average molecular weight is 563 g/mol. The van der Waals surface area contributed by atoms with Crippen LogP contribution in [0.15, 0.2) is 114 Å². The van der Waals surface area contributed by atoms with Gasteiger partial charge >= 0.3 is 6.03 Å². The lowest BCUT2D eigenvalue weighted by molar-refractivity contribution is 0.176. The number of amides is 2. The highest BCUT2D eigenvalue weighted by molar-refractivity contribution is 5.89. The van der Waals surface area contributed by atoms with Gasteiger partial charge in [-0.15, -0.1) is 0 Å². The smallest absolute Gasteiger partial charge is 0.319 e. The third kappa shape index (κ3) is 7.84. The van der Waals surface area contributed by atoms with Gasteiger partial charge in [-0.2, -0.15) is 0 Å². The molecule has 4 aromatic carbocycles. The topological polar surface area (TPSA) is 115 Å². The summed E-state index contributed by atoms with van der Waals surface area (Å²) in [5, 5.41) is 20.8. The summed E-state index contributed by atoms with van der Waals surface area (Å²) in [4.78, 5) is 27.3. The Bertz CT molecular complexity index is 1670. The fourth-order valence-corrected chi connectivity index (χ4v) is 4.73. The quantitative estimate of drug-likeness (QED) is 0.133. The third-order valence-electron chi connectivity index (χ3n) is 6.90. The number of nitrogens with one attached hydrogen (secondary N) is 4. The molecule has 1 atom stereocenters. The number of urea groups is 1. The number of ether oxygens (including phenoxy) is 1. The number of carbonyl (C=O) groups excluding carboxylic acids is 1. The van der Waals surface area contributed by atoms with Crippen LogP contribution in [0.5, 0.6) is 5.75 Å². The number of carbonyl (C=O) groups is 1. The number of hydrogen-bond acceptors (Lipinski definition) is 5. The van der Waals surface area contributed by atoms with Crippen molar-refractivity contribution in [2.75, 3.05) is 18.4 Å². The zero-order valence-electron chi connectivity index (χ0n) is 23.2. The van der Waals surface area contributed by atoms with Crippen LogP contribution in [0.2, 0.25) is 0 Å². The van der Waals surface area contributed by atoms with E-state index in [0.29, 0.717) is 55.2 Å². The molecule has 0 saturated heterocycles. The Hall–Kier alpha value is -4.92. The van der Waals surface area contributed by atoms with Crippen LogP contribution < -0.4 is 26.2 Å². The van der Waals surface area contributed by atoms with Crippen molar-refractivity contribution >= 4 is 22.6 Å². The van der Waals surface area contributed by atoms with Gasteiger partial charge in [0.05, 0.1) is 11.6 Å². The number of rotatable bonds is 12. The Labute approximate surface area is 244 Å². The number of anilines is 1. The maximum atomic E-state index is 12.3. The summed E-state index contributed by atoms with van der Waals surface area (Å²) in [6.07, 6.45) is -0.0725. The van der Waals surface area contributed by atoms with E-state index >= 15 is 0 Å². The summed E-state index contributed by atoms with van der Waals surface area (Å²) < 4.78 is 6.01. The second kappa shape index (κ2) is 14.1. The van der Waals surface area contributed by atoms with Gasteiger partial charge in [-0.3, -0.25) is 4.79 Å².